The van der Waals surface area contributed by atoms with Crippen molar-refractivity contribution in [2.75, 3.05) is 7.05 Å². The van der Waals surface area contributed by atoms with E-state index in [0.717, 1.165) is 10.9 Å². The van der Waals surface area contributed by atoms with E-state index in [4.69, 9.17) is 16.7 Å². The standard InChI is InChI=1S/C16H24ClN.C8H8O3/c1-12(2)11-15(18-3)16(9-4-10-16)13-5-7-14(17)8-6-13;9-7(8(10)11)6-4-2-1-3-5-6/h5-8,12,15,18H,4,9-11H2,1-3H3;1-5,7,9H,(H,10,11)/t15-;7-/m01/s1. The molecule has 0 saturated heterocycles. The molecular formula is C24H32ClNO3. The van der Waals surface area contributed by atoms with E-state index >= 15 is 0 Å². The first-order valence-electron chi connectivity index (χ1n) is 10.3. The fourth-order valence-corrected chi connectivity index (χ4v) is 4.30. The van der Waals surface area contributed by atoms with Crippen LogP contribution < -0.4 is 10.4 Å². The summed E-state index contributed by atoms with van der Waals surface area (Å²) in [7, 11) is 2.23. The van der Waals surface area contributed by atoms with Gasteiger partial charge in [0, 0.05) is 16.9 Å². The number of quaternary nitrogens is 1. The van der Waals surface area contributed by atoms with E-state index in [1.807, 2.05) is 12.1 Å². The van der Waals surface area contributed by atoms with Gasteiger partial charge in [0.1, 0.15) is 6.10 Å². The minimum absolute atomic E-state index is 0.340. The molecule has 0 unspecified atom stereocenters. The highest BCUT2D eigenvalue weighted by atomic mass is 35.5. The zero-order valence-corrected chi connectivity index (χ0v) is 18.2. The summed E-state index contributed by atoms with van der Waals surface area (Å²) in [6.45, 7) is 4.65. The van der Waals surface area contributed by atoms with Crippen LogP contribution in [0.1, 0.15) is 56.8 Å². The van der Waals surface area contributed by atoms with Crippen molar-refractivity contribution in [3.05, 3.63) is 70.7 Å². The summed E-state index contributed by atoms with van der Waals surface area (Å²) in [6.07, 6.45) is 3.80. The van der Waals surface area contributed by atoms with Crippen molar-refractivity contribution in [3.63, 3.8) is 0 Å². The number of halogens is 1. The van der Waals surface area contributed by atoms with Crippen LogP contribution in [0, 0.1) is 5.92 Å². The smallest absolute Gasteiger partial charge is 0.118 e. The second kappa shape index (κ2) is 10.8. The summed E-state index contributed by atoms with van der Waals surface area (Å²) < 4.78 is 0. The summed E-state index contributed by atoms with van der Waals surface area (Å²) in [5.74, 6) is -0.716. The number of hydrogen-bond acceptors (Lipinski definition) is 3. The Morgan fingerprint density at radius 1 is 1.14 bits per heavy atom. The lowest BCUT2D eigenvalue weighted by Crippen LogP contribution is -2.91. The Bertz CT molecular complexity index is 757. The van der Waals surface area contributed by atoms with E-state index in [-0.39, 0.29) is 0 Å². The summed E-state index contributed by atoms with van der Waals surface area (Å²) in [4.78, 5) is 10.1. The number of likely N-dealkylation sites (N-methyl/N-ethyl adjacent to an activating group) is 1. The number of carboxylic acid groups (broad SMARTS) is 1. The third-order valence-electron chi connectivity index (χ3n) is 5.84. The second-order valence-corrected chi connectivity index (χ2v) is 8.65. The Kier molecular flexibility index (Phi) is 8.69. The molecule has 4 nitrogen and oxygen atoms in total. The normalized spacial score (nSPS) is 16.9. The van der Waals surface area contributed by atoms with Gasteiger partial charge in [0.05, 0.1) is 19.1 Å². The molecule has 0 spiro atoms. The summed E-state index contributed by atoms with van der Waals surface area (Å²) >= 11 is 6.01. The first-order valence-corrected chi connectivity index (χ1v) is 10.7. The van der Waals surface area contributed by atoms with Crippen molar-refractivity contribution in [2.24, 2.45) is 5.92 Å². The number of aliphatic hydroxyl groups is 1. The van der Waals surface area contributed by atoms with E-state index in [2.05, 4.69) is 38.3 Å². The van der Waals surface area contributed by atoms with Crippen molar-refractivity contribution < 1.29 is 20.3 Å². The van der Waals surface area contributed by atoms with Gasteiger partial charge in [-0.1, -0.05) is 74.3 Å². The predicted octanol–water partition coefficient (Wildman–Crippen LogP) is 2.84. The van der Waals surface area contributed by atoms with Gasteiger partial charge in [0.25, 0.3) is 0 Å². The summed E-state index contributed by atoms with van der Waals surface area (Å²) in [5.41, 5.74) is 2.22. The average Bonchev–Trinajstić information content (AvgIpc) is 2.68. The van der Waals surface area contributed by atoms with Gasteiger partial charge < -0.3 is 20.3 Å². The molecule has 0 heterocycles. The fourth-order valence-electron chi connectivity index (χ4n) is 4.17. The maximum Gasteiger partial charge on any atom is 0.118 e. The molecule has 158 valence electrons. The first kappa shape index (κ1) is 23.4. The zero-order chi connectivity index (χ0) is 21.4. The van der Waals surface area contributed by atoms with Gasteiger partial charge >= 0.3 is 0 Å². The lowest BCUT2D eigenvalue weighted by Gasteiger charge is -2.46. The number of hydrogen-bond donors (Lipinski definition) is 2. The van der Waals surface area contributed by atoms with Gasteiger partial charge in [-0.3, -0.25) is 0 Å². The van der Waals surface area contributed by atoms with Crippen LogP contribution in [0.2, 0.25) is 5.02 Å². The van der Waals surface area contributed by atoms with E-state index < -0.39 is 12.1 Å². The molecule has 2 atom stereocenters. The van der Waals surface area contributed by atoms with Crippen LogP contribution in [0.15, 0.2) is 54.6 Å². The van der Waals surface area contributed by atoms with Gasteiger partial charge in [-0.2, -0.15) is 0 Å². The molecule has 29 heavy (non-hydrogen) atoms. The molecule has 0 aromatic heterocycles. The van der Waals surface area contributed by atoms with Crippen molar-refractivity contribution in [1.82, 2.24) is 0 Å². The molecule has 3 N–H and O–H groups in total. The molecule has 1 aliphatic rings. The highest BCUT2D eigenvalue weighted by Gasteiger charge is 2.47. The molecule has 0 amide bonds. The minimum atomic E-state index is -1.52. The molecule has 0 radical (unpaired) electrons. The monoisotopic (exact) mass is 417 g/mol. The number of nitrogens with two attached hydrogens (primary N) is 1. The third kappa shape index (κ3) is 6.05. The largest absolute Gasteiger partial charge is 0.547 e. The zero-order valence-electron chi connectivity index (χ0n) is 17.5. The van der Waals surface area contributed by atoms with Crippen LogP contribution in [0.3, 0.4) is 0 Å². The number of rotatable bonds is 7. The van der Waals surface area contributed by atoms with Gasteiger partial charge in [-0.05, 0) is 42.0 Å². The maximum atomic E-state index is 10.1. The Morgan fingerprint density at radius 3 is 2.14 bits per heavy atom. The summed E-state index contributed by atoms with van der Waals surface area (Å²) in [6, 6.07) is 17.4. The first-order chi connectivity index (χ1) is 13.8. The number of aliphatic hydroxyl groups excluding tert-OH is 1. The van der Waals surface area contributed by atoms with Crippen LogP contribution >= 0.6 is 11.6 Å². The van der Waals surface area contributed by atoms with Crippen molar-refractivity contribution >= 4 is 17.6 Å². The van der Waals surface area contributed by atoms with Crippen LogP contribution in [0.25, 0.3) is 0 Å². The molecule has 2 aromatic rings. The molecule has 5 heteroatoms. The van der Waals surface area contributed by atoms with Crippen LogP contribution in [-0.2, 0) is 10.2 Å². The van der Waals surface area contributed by atoms with Crippen molar-refractivity contribution in [2.45, 2.75) is 57.1 Å². The van der Waals surface area contributed by atoms with E-state index in [1.54, 1.807) is 18.2 Å². The Labute approximate surface area is 178 Å². The molecule has 2 aromatic carbocycles. The molecule has 1 aliphatic carbocycles. The Balaban J connectivity index is 0.000000234. The lowest BCUT2D eigenvalue weighted by molar-refractivity contribution is -0.676. The topological polar surface area (TPSA) is 77.0 Å². The van der Waals surface area contributed by atoms with E-state index in [1.165, 1.54) is 43.4 Å². The van der Waals surface area contributed by atoms with E-state index in [0.29, 0.717) is 17.0 Å². The van der Waals surface area contributed by atoms with Gasteiger partial charge in [-0.25, -0.2) is 0 Å². The van der Waals surface area contributed by atoms with Gasteiger partial charge in [0.15, 0.2) is 0 Å². The molecular weight excluding hydrogens is 386 g/mol. The quantitative estimate of drug-likeness (QED) is 0.727. The van der Waals surface area contributed by atoms with Crippen LogP contribution in [-0.4, -0.2) is 24.2 Å². The molecule has 0 aliphatic heterocycles. The maximum absolute atomic E-state index is 10.1. The SMILES string of the molecule is C[NH2+][C@@H](CC(C)C)C1(c2ccc(Cl)cc2)CCC1.O=C([O-])[C@H](O)c1ccccc1. The Hall–Kier alpha value is -1.88. The predicted molar refractivity (Wildman–Crippen MR) is 114 cm³/mol. The molecule has 1 fully saturated rings. The number of carboxylic acids is 1. The Morgan fingerprint density at radius 2 is 1.72 bits per heavy atom. The number of carbonyl (C=O) groups excluding carboxylic acids is 1. The number of carbonyl (C=O) groups is 1. The van der Waals surface area contributed by atoms with Gasteiger partial charge in [0.2, 0.25) is 0 Å². The fraction of sp³-hybridized carbons (Fsp3) is 0.458. The van der Waals surface area contributed by atoms with Crippen LogP contribution in [0.4, 0.5) is 0 Å². The van der Waals surface area contributed by atoms with Gasteiger partial charge in [-0.15, -0.1) is 0 Å². The molecule has 3 rings (SSSR count). The second-order valence-electron chi connectivity index (χ2n) is 8.22. The summed E-state index contributed by atoms with van der Waals surface area (Å²) in [5, 5.41) is 22.3. The van der Waals surface area contributed by atoms with Crippen molar-refractivity contribution in [1.29, 1.82) is 0 Å². The van der Waals surface area contributed by atoms with E-state index in [9.17, 15) is 9.90 Å². The highest BCUT2D eigenvalue weighted by Crippen LogP contribution is 2.47. The number of benzene rings is 2. The average molecular weight is 418 g/mol. The van der Waals surface area contributed by atoms with Crippen LogP contribution in [0.5, 0.6) is 0 Å². The minimum Gasteiger partial charge on any atom is -0.547 e. The lowest BCUT2D eigenvalue weighted by atomic mass is 9.59. The number of aliphatic carboxylic acids is 1. The highest BCUT2D eigenvalue weighted by molar-refractivity contribution is 6.30. The molecule has 1 saturated carbocycles. The third-order valence-corrected chi connectivity index (χ3v) is 6.09. The van der Waals surface area contributed by atoms with Crippen molar-refractivity contribution in [3.8, 4) is 0 Å². The molecule has 0 bridgehead atoms.